The van der Waals surface area contributed by atoms with Gasteiger partial charge in [0.25, 0.3) is 5.69 Å². The lowest BCUT2D eigenvalue weighted by Crippen LogP contribution is -2.33. The number of nitro benzene ring substituents is 1. The number of nitro groups is 1. The Hall–Kier alpha value is -3.42. The molecule has 182 valence electrons. The van der Waals surface area contributed by atoms with E-state index in [1.165, 1.54) is 6.07 Å². The van der Waals surface area contributed by atoms with Gasteiger partial charge in [-0.1, -0.05) is 24.6 Å². The first-order valence-corrected chi connectivity index (χ1v) is 11.7. The minimum Gasteiger partial charge on any atom is -0.462 e. The molecule has 34 heavy (non-hydrogen) atoms. The van der Waals surface area contributed by atoms with Gasteiger partial charge in [0, 0.05) is 31.3 Å². The molecule has 1 amide bonds. The lowest BCUT2D eigenvalue weighted by atomic mass is 9.98. The van der Waals surface area contributed by atoms with Crippen LogP contribution >= 0.6 is 0 Å². The van der Waals surface area contributed by atoms with Crippen LogP contribution in [0.25, 0.3) is 0 Å². The van der Waals surface area contributed by atoms with E-state index < -0.39 is 10.9 Å². The molecule has 1 fully saturated rings. The fourth-order valence-corrected chi connectivity index (χ4v) is 4.37. The van der Waals surface area contributed by atoms with Crippen LogP contribution in [-0.4, -0.2) is 36.5 Å². The summed E-state index contributed by atoms with van der Waals surface area (Å²) in [5.74, 6) is -0.175. The van der Waals surface area contributed by atoms with Gasteiger partial charge in [-0.25, -0.2) is 4.79 Å². The van der Waals surface area contributed by atoms with E-state index in [0.29, 0.717) is 18.0 Å². The van der Waals surface area contributed by atoms with Crippen molar-refractivity contribution in [2.24, 2.45) is 5.92 Å². The van der Waals surface area contributed by atoms with Gasteiger partial charge in [0.2, 0.25) is 5.91 Å². The molecule has 2 aromatic carbocycles. The molecule has 0 unspecified atom stereocenters. The first-order chi connectivity index (χ1) is 16.2. The molecular weight excluding hydrogens is 434 g/mol. The fourth-order valence-electron chi connectivity index (χ4n) is 4.37. The van der Waals surface area contributed by atoms with Crippen molar-refractivity contribution in [3.8, 4) is 0 Å². The lowest BCUT2D eigenvalue weighted by molar-refractivity contribution is -0.384. The zero-order valence-corrected chi connectivity index (χ0v) is 20.3. The molecule has 2 aromatic rings. The van der Waals surface area contributed by atoms with Crippen LogP contribution < -0.4 is 10.2 Å². The normalized spacial score (nSPS) is 14.1. The van der Waals surface area contributed by atoms with Crippen LogP contribution in [0.15, 0.2) is 30.3 Å². The Labute approximate surface area is 200 Å². The molecule has 0 bridgehead atoms. The molecule has 8 nitrogen and oxygen atoms in total. The third-order valence-electron chi connectivity index (χ3n) is 6.25. The van der Waals surface area contributed by atoms with Crippen LogP contribution in [0.2, 0.25) is 0 Å². The number of benzene rings is 2. The summed E-state index contributed by atoms with van der Waals surface area (Å²) in [4.78, 5) is 37.9. The Bertz CT molecular complexity index is 1050. The van der Waals surface area contributed by atoms with Crippen molar-refractivity contribution in [1.82, 2.24) is 0 Å². The molecule has 1 aliphatic heterocycles. The monoisotopic (exact) mass is 467 g/mol. The lowest BCUT2D eigenvalue weighted by Gasteiger charge is -2.31. The second-order valence-corrected chi connectivity index (χ2v) is 9.19. The summed E-state index contributed by atoms with van der Waals surface area (Å²) in [5.41, 5.74) is 4.53. The van der Waals surface area contributed by atoms with Gasteiger partial charge in [0.15, 0.2) is 0 Å². The Balaban J connectivity index is 1.53. The fraction of sp³-hybridized carbons (Fsp3) is 0.462. The van der Waals surface area contributed by atoms with Gasteiger partial charge in [0.1, 0.15) is 5.69 Å². The summed E-state index contributed by atoms with van der Waals surface area (Å²) in [7, 11) is 0. The number of hydrogen-bond acceptors (Lipinski definition) is 6. The number of hydrogen-bond donors (Lipinski definition) is 1. The van der Waals surface area contributed by atoms with Gasteiger partial charge in [0.05, 0.1) is 17.1 Å². The van der Waals surface area contributed by atoms with Crippen molar-refractivity contribution in [3.05, 3.63) is 62.7 Å². The van der Waals surface area contributed by atoms with Crippen molar-refractivity contribution >= 4 is 28.9 Å². The van der Waals surface area contributed by atoms with Crippen LogP contribution in [0.1, 0.15) is 59.7 Å². The zero-order chi connectivity index (χ0) is 24.8. The maximum Gasteiger partial charge on any atom is 0.338 e. The van der Waals surface area contributed by atoms with Gasteiger partial charge >= 0.3 is 5.97 Å². The minimum absolute atomic E-state index is 0.0533. The largest absolute Gasteiger partial charge is 0.462 e. The molecule has 0 aliphatic carbocycles. The summed E-state index contributed by atoms with van der Waals surface area (Å²) in [5, 5.41) is 14.6. The number of ether oxygens (including phenoxy) is 1. The van der Waals surface area contributed by atoms with Crippen molar-refractivity contribution in [3.63, 3.8) is 0 Å². The minimum atomic E-state index is -0.632. The van der Waals surface area contributed by atoms with Gasteiger partial charge < -0.3 is 15.0 Å². The first kappa shape index (κ1) is 25.2. The molecular formula is C26H33N3O5. The highest BCUT2D eigenvalue weighted by atomic mass is 16.6. The van der Waals surface area contributed by atoms with Crippen LogP contribution in [0, 0.1) is 36.8 Å². The van der Waals surface area contributed by atoms with Crippen LogP contribution in [-0.2, 0) is 9.53 Å². The van der Waals surface area contributed by atoms with Gasteiger partial charge in [-0.05, 0) is 69.2 Å². The van der Waals surface area contributed by atoms with Crippen molar-refractivity contribution in [1.29, 1.82) is 0 Å². The molecule has 0 radical (unpaired) electrons. The highest BCUT2D eigenvalue weighted by molar-refractivity contribution is 5.93. The van der Waals surface area contributed by atoms with Gasteiger partial charge in [-0.15, -0.1) is 0 Å². The Kier molecular flexibility index (Phi) is 8.26. The predicted molar refractivity (Wildman–Crippen MR) is 133 cm³/mol. The van der Waals surface area contributed by atoms with E-state index in [-0.39, 0.29) is 30.2 Å². The smallest absolute Gasteiger partial charge is 0.338 e. The van der Waals surface area contributed by atoms with Crippen LogP contribution in [0.4, 0.5) is 17.1 Å². The molecule has 0 aromatic heterocycles. The van der Waals surface area contributed by atoms with Gasteiger partial charge in [-0.3, -0.25) is 14.9 Å². The molecule has 0 saturated carbocycles. The number of aryl methyl sites for hydroxylation is 3. The molecule has 1 saturated heterocycles. The number of rotatable bonds is 8. The predicted octanol–water partition coefficient (Wildman–Crippen LogP) is 5.33. The van der Waals surface area contributed by atoms with E-state index >= 15 is 0 Å². The third kappa shape index (κ3) is 6.34. The highest BCUT2D eigenvalue weighted by Gasteiger charge is 2.25. The van der Waals surface area contributed by atoms with E-state index in [1.807, 2.05) is 37.8 Å². The second-order valence-electron chi connectivity index (χ2n) is 9.19. The number of amides is 1. The number of carbonyl (C=O) groups is 2. The van der Waals surface area contributed by atoms with Crippen molar-refractivity contribution in [2.45, 2.75) is 53.4 Å². The number of anilines is 2. The summed E-state index contributed by atoms with van der Waals surface area (Å²) >= 11 is 0. The number of carbonyl (C=O) groups excluding carboxylic acids is 2. The summed E-state index contributed by atoms with van der Waals surface area (Å²) in [6.45, 7) is 9.67. The molecule has 0 atom stereocenters. The highest BCUT2D eigenvalue weighted by Crippen LogP contribution is 2.32. The molecule has 3 rings (SSSR count). The quantitative estimate of drug-likeness (QED) is 0.244. The molecule has 1 N–H and O–H groups in total. The SMILES string of the molecule is Cc1cc(C)c(NC(=O)CCCOC(=O)c2ccc(N3CCC(C)CC3)c([N+](=O)[O-])c2)c(C)c1. The number of esters is 1. The molecule has 1 heterocycles. The van der Waals surface area contributed by atoms with Crippen molar-refractivity contribution in [2.75, 3.05) is 29.9 Å². The molecule has 8 heteroatoms. The zero-order valence-electron chi connectivity index (χ0n) is 20.3. The summed E-state index contributed by atoms with van der Waals surface area (Å²) in [6.07, 6.45) is 2.52. The summed E-state index contributed by atoms with van der Waals surface area (Å²) < 4.78 is 5.27. The van der Waals surface area contributed by atoms with Crippen LogP contribution in [0.3, 0.4) is 0 Å². The summed E-state index contributed by atoms with van der Waals surface area (Å²) in [6, 6.07) is 8.51. The van der Waals surface area contributed by atoms with E-state index in [1.54, 1.807) is 12.1 Å². The van der Waals surface area contributed by atoms with Crippen LogP contribution in [0.5, 0.6) is 0 Å². The number of nitrogens with zero attached hydrogens (tertiary/aromatic N) is 2. The number of nitrogens with one attached hydrogen (secondary N) is 1. The third-order valence-corrected chi connectivity index (χ3v) is 6.25. The Morgan fingerprint density at radius 1 is 1.12 bits per heavy atom. The Morgan fingerprint density at radius 3 is 2.38 bits per heavy atom. The molecule has 0 spiro atoms. The van der Waals surface area contributed by atoms with Crippen molar-refractivity contribution < 1.29 is 19.2 Å². The first-order valence-electron chi connectivity index (χ1n) is 11.7. The molecule has 1 aliphatic rings. The van der Waals surface area contributed by atoms with E-state index in [4.69, 9.17) is 4.74 Å². The van der Waals surface area contributed by atoms with E-state index in [9.17, 15) is 19.7 Å². The average molecular weight is 468 g/mol. The maximum atomic E-state index is 12.4. The maximum absolute atomic E-state index is 12.4. The Morgan fingerprint density at radius 2 is 1.76 bits per heavy atom. The van der Waals surface area contributed by atoms with Gasteiger partial charge in [-0.2, -0.15) is 0 Å². The standard InChI is InChI=1S/C26H33N3O5/c1-17-9-11-28(12-10-17)22-8-7-21(16-23(22)29(32)33)26(31)34-13-5-6-24(30)27-25-19(3)14-18(2)15-20(25)4/h7-8,14-17H,5-6,9-13H2,1-4H3,(H,27,30). The van der Waals surface area contributed by atoms with E-state index in [2.05, 4.69) is 12.2 Å². The second kappa shape index (κ2) is 11.1. The topological polar surface area (TPSA) is 102 Å². The van der Waals surface area contributed by atoms with E-state index in [0.717, 1.165) is 48.3 Å². The number of piperidine rings is 1. The average Bonchev–Trinajstić information content (AvgIpc) is 2.79.